The zero-order chi connectivity index (χ0) is 14.1. The minimum absolute atomic E-state index is 0.196. The van der Waals surface area contributed by atoms with Gasteiger partial charge in [0, 0.05) is 35.3 Å². The molecule has 6 heteroatoms. The maximum atomic E-state index is 4.62. The number of nitrogens with one attached hydrogen (secondary N) is 1. The van der Waals surface area contributed by atoms with Crippen molar-refractivity contribution >= 4 is 16.9 Å². The number of hydrogen-bond acceptors (Lipinski definition) is 5. The van der Waals surface area contributed by atoms with Crippen molar-refractivity contribution in [1.82, 2.24) is 24.9 Å². The monoisotopic (exact) mass is 287 g/mol. The summed E-state index contributed by atoms with van der Waals surface area (Å²) in [6, 6.07) is 0.196. The summed E-state index contributed by atoms with van der Waals surface area (Å²) in [6.07, 6.45) is 8.23. The van der Waals surface area contributed by atoms with Gasteiger partial charge in [0.15, 0.2) is 0 Å². The molecule has 0 aliphatic carbocycles. The van der Waals surface area contributed by atoms with Crippen molar-refractivity contribution in [2.75, 3.05) is 7.05 Å². The minimum Gasteiger partial charge on any atom is -0.313 e. The molecule has 1 N–H and O–H groups in total. The van der Waals surface area contributed by atoms with Gasteiger partial charge < -0.3 is 5.32 Å². The third-order valence-corrected chi connectivity index (χ3v) is 4.63. The van der Waals surface area contributed by atoms with Crippen LogP contribution in [0.4, 0.5) is 0 Å². The lowest BCUT2D eigenvalue weighted by Crippen LogP contribution is -2.18. The Bertz CT molecular complexity index is 711. The lowest BCUT2D eigenvalue weighted by Gasteiger charge is -2.13. The van der Waals surface area contributed by atoms with E-state index in [1.165, 1.54) is 4.88 Å². The fourth-order valence-corrected chi connectivity index (χ4v) is 3.27. The Kier molecular flexibility index (Phi) is 3.50. The predicted molar refractivity (Wildman–Crippen MR) is 80.1 cm³/mol. The van der Waals surface area contributed by atoms with Gasteiger partial charge in [0.05, 0.1) is 28.6 Å². The lowest BCUT2D eigenvalue weighted by atomic mass is 10.1. The van der Waals surface area contributed by atoms with Crippen molar-refractivity contribution in [2.45, 2.75) is 26.3 Å². The van der Waals surface area contributed by atoms with Crippen LogP contribution in [0.25, 0.3) is 5.52 Å². The molecule has 0 spiro atoms. The molecule has 20 heavy (non-hydrogen) atoms. The van der Waals surface area contributed by atoms with Gasteiger partial charge in [-0.1, -0.05) is 0 Å². The van der Waals surface area contributed by atoms with E-state index < -0.39 is 0 Å². The summed E-state index contributed by atoms with van der Waals surface area (Å²) in [5.41, 5.74) is 3.32. The summed E-state index contributed by atoms with van der Waals surface area (Å²) < 4.78 is 1.85. The number of thiazole rings is 1. The van der Waals surface area contributed by atoms with E-state index in [1.807, 2.05) is 30.2 Å². The van der Waals surface area contributed by atoms with E-state index in [0.717, 1.165) is 28.2 Å². The zero-order valence-electron chi connectivity index (χ0n) is 11.8. The zero-order valence-corrected chi connectivity index (χ0v) is 12.6. The molecule has 0 amide bonds. The Labute approximate surface area is 121 Å². The van der Waals surface area contributed by atoms with Crippen molar-refractivity contribution in [3.05, 3.63) is 45.9 Å². The number of aryl methyl sites for hydroxylation is 2. The maximum Gasteiger partial charge on any atom is 0.0949 e. The molecule has 0 aliphatic heterocycles. The van der Waals surface area contributed by atoms with Crippen LogP contribution in [-0.4, -0.2) is 26.6 Å². The fourth-order valence-electron chi connectivity index (χ4n) is 2.29. The van der Waals surface area contributed by atoms with E-state index >= 15 is 0 Å². The summed E-state index contributed by atoms with van der Waals surface area (Å²) in [6.45, 7) is 4.17. The van der Waals surface area contributed by atoms with Crippen LogP contribution >= 0.6 is 11.3 Å². The number of rotatable bonds is 4. The van der Waals surface area contributed by atoms with Gasteiger partial charge in [-0.2, -0.15) is 5.10 Å². The van der Waals surface area contributed by atoms with Crippen LogP contribution in [0.1, 0.15) is 27.2 Å². The molecule has 0 saturated heterocycles. The molecule has 0 radical (unpaired) electrons. The standard InChI is InChI=1S/C14H17N5S/c1-9-10(2)20-14(18-9)6-12(15-3)11-7-17-19-5-4-16-8-13(11)19/h4-5,7-8,12,15H,6H2,1-3H3. The fraction of sp³-hybridized carbons (Fsp3) is 0.357. The Morgan fingerprint density at radius 3 is 2.90 bits per heavy atom. The topological polar surface area (TPSA) is 55.1 Å². The summed E-state index contributed by atoms with van der Waals surface area (Å²) >= 11 is 1.77. The molecule has 0 fully saturated rings. The molecular weight excluding hydrogens is 270 g/mol. The normalized spacial score (nSPS) is 12.9. The van der Waals surface area contributed by atoms with E-state index in [9.17, 15) is 0 Å². The van der Waals surface area contributed by atoms with Crippen molar-refractivity contribution in [3.8, 4) is 0 Å². The number of nitrogens with zero attached hydrogens (tertiary/aromatic N) is 4. The average Bonchev–Trinajstić information content (AvgIpc) is 3.00. The number of fused-ring (bicyclic) bond motifs is 1. The van der Waals surface area contributed by atoms with Crippen LogP contribution < -0.4 is 5.32 Å². The molecule has 104 valence electrons. The Hall–Kier alpha value is -1.79. The van der Waals surface area contributed by atoms with Crippen molar-refractivity contribution in [3.63, 3.8) is 0 Å². The first-order chi connectivity index (χ1) is 9.69. The van der Waals surface area contributed by atoms with Gasteiger partial charge >= 0.3 is 0 Å². The van der Waals surface area contributed by atoms with E-state index in [1.54, 1.807) is 17.5 Å². The Balaban J connectivity index is 1.93. The molecule has 3 aromatic rings. The third-order valence-electron chi connectivity index (χ3n) is 3.53. The highest BCUT2D eigenvalue weighted by Gasteiger charge is 2.17. The molecule has 0 aliphatic rings. The highest BCUT2D eigenvalue weighted by Crippen LogP contribution is 2.25. The molecule has 3 heterocycles. The van der Waals surface area contributed by atoms with Gasteiger partial charge in [-0.05, 0) is 20.9 Å². The van der Waals surface area contributed by atoms with E-state index in [0.29, 0.717) is 0 Å². The second-order valence-electron chi connectivity index (χ2n) is 4.80. The smallest absolute Gasteiger partial charge is 0.0949 e. The van der Waals surface area contributed by atoms with E-state index in [2.05, 4.69) is 34.2 Å². The van der Waals surface area contributed by atoms with E-state index in [-0.39, 0.29) is 6.04 Å². The first kappa shape index (κ1) is 13.2. The number of hydrogen-bond donors (Lipinski definition) is 1. The SMILES string of the molecule is CNC(Cc1nc(C)c(C)s1)c1cnn2ccncc12. The second kappa shape index (κ2) is 5.30. The van der Waals surface area contributed by atoms with Crippen molar-refractivity contribution in [1.29, 1.82) is 0 Å². The quantitative estimate of drug-likeness (QED) is 0.800. The molecule has 3 aromatic heterocycles. The van der Waals surface area contributed by atoms with Crippen LogP contribution in [0, 0.1) is 13.8 Å². The minimum atomic E-state index is 0.196. The van der Waals surface area contributed by atoms with Crippen molar-refractivity contribution < 1.29 is 0 Å². The van der Waals surface area contributed by atoms with Gasteiger partial charge in [-0.15, -0.1) is 11.3 Å². The van der Waals surface area contributed by atoms with Gasteiger partial charge in [-0.25, -0.2) is 9.50 Å². The van der Waals surface area contributed by atoms with Crippen LogP contribution in [0.5, 0.6) is 0 Å². The summed E-state index contributed by atoms with van der Waals surface area (Å²) in [4.78, 5) is 10.1. The predicted octanol–water partition coefficient (Wildman–Crippen LogP) is 2.31. The molecule has 0 saturated carbocycles. The molecule has 1 atom stereocenters. The largest absolute Gasteiger partial charge is 0.313 e. The lowest BCUT2D eigenvalue weighted by molar-refractivity contribution is 0.593. The first-order valence-corrected chi connectivity index (χ1v) is 7.38. The highest BCUT2D eigenvalue weighted by molar-refractivity contribution is 7.11. The molecule has 3 rings (SSSR count). The van der Waals surface area contributed by atoms with Gasteiger partial charge in [0.25, 0.3) is 0 Å². The average molecular weight is 287 g/mol. The first-order valence-electron chi connectivity index (χ1n) is 6.56. The maximum absolute atomic E-state index is 4.62. The molecule has 0 bridgehead atoms. The Morgan fingerprint density at radius 2 is 2.20 bits per heavy atom. The molecule has 0 aromatic carbocycles. The van der Waals surface area contributed by atoms with Gasteiger partial charge in [0.1, 0.15) is 0 Å². The molecule has 1 unspecified atom stereocenters. The van der Waals surface area contributed by atoms with Gasteiger partial charge in [-0.3, -0.25) is 4.98 Å². The van der Waals surface area contributed by atoms with E-state index in [4.69, 9.17) is 0 Å². The number of likely N-dealkylation sites (N-methyl/N-ethyl adjacent to an activating group) is 1. The third kappa shape index (κ3) is 2.32. The Morgan fingerprint density at radius 1 is 1.35 bits per heavy atom. The van der Waals surface area contributed by atoms with Crippen LogP contribution in [-0.2, 0) is 6.42 Å². The molecule has 5 nitrogen and oxygen atoms in total. The van der Waals surface area contributed by atoms with Gasteiger partial charge in [0.2, 0.25) is 0 Å². The van der Waals surface area contributed by atoms with Crippen LogP contribution in [0.2, 0.25) is 0 Å². The summed E-state index contributed by atoms with van der Waals surface area (Å²) in [5, 5.41) is 8.89. The van der Waals surface area contributed by atoms with Crippen LogP contribution in [0.15, 0.2) is 24.8 Å². The summed E-state index contributed by atoms with van der Waals surface area (Å²) in [5.74, 6) is 0. The molecular formula is C14H17N5S. The number of aromatic nitrogens is 4. The summed E-state index contributed by atoms with van der Waals surface area (Å²) in [7, 11) is 1.97. The van der Waals surface area contributed by atoms with Crippen LogP contribution in [0.3, 0.4) is 0 Å². The second-order valence-corrected chi connectivity index (χ2v) is 6.09. The highest BCUT2D eigenvalue weighted by atomic mass is 32.1. The van der Waals surface area contributed by atoms with Crippen molar-refractivity contribution in [2.24, 2.45) is 0 Å².